The highest BCUT2D eigenvalue weighted by atomic mass is 79.9. The van der Waals surface area contributed by atoms with E-state index in [9.17, 15) is 0 Å². The molecule has 0 unspecified atom stereocenters. The highest BCUT2D eigenvalue weighted by Crippen LogP contribution is 2.25. The molecule has 0 spiro atoms. The van der Waals surface area contributed by atoms with Crippen LogP contribution < -0.4 is 5.32 Å². The fourth-order valence-electron chi connectivity index (χ4n) is 2.24. The van der Waals surface area contributed by atoms with Gasteiger partial charge in [-0.15, -0.1) is 0 Å². The van der Waals surface area contributed by atoms with E-state index in [1.54, 1.807) is 0 Å². The Hall–Kier alpha value is -1.26. The molecule has 106 valence electrons. The minimum atomic E-state index is 0.810. The molecule has 20 heavy (non-hydrogen) atoms. The zero-order valence-corrected chi connectivity index (χ0v) is 14.0. The summed E-state index contributed by atoms with van der Waals surface area (Å²) in [6, 6.07) is 6.19. The number of rotatable bonds is 4. The van der Waals surface area contributed by atoms with Crippen LogP contribution in [0.4, 0.5) is 0 Å². The topological polar surface area (TPSA) is 37.8 Å². The third kappa shape index (κ3) is 3.25. The summed E-state index contributed by atoms with van der Waals surface area (Å²) in [5, 5.41) is 3.34. The summed E-state index contributed by atoms with van der Waals surface area (Å²) in [5.74, 6) is 0.810. The SMILES string of the molecule is CCNCc1c(C)nc(-c2ccc(Br)cc2C)nc1C. The molecule has 0 aliphatic heterocycles. The van der Waals surface area contributed by atoms with E-state index in [1.165, 1.54) is 11.1 Å². The van der Waals surface area contributed by atoms with Gasteiger partial charge < -0.3 is 5.32 Å². The quantitative estimate of drug-likeness (QED) is 0.920. The normalized spacial score (nSPS) is 10.8. The minimum Gasteiger partial charge on any atom is -0.313 e. The molecule has 2 rings (SSSR count). The van der Waals surface area contributed by atoms with Crippen molar-refractivity contribution in [1.29, 1.82) is 0 Å². The third-order valence-corrected chi connectivity index (χ3v) is 3.90. The van der Waals surface area contributed by atoms with Gasteiger partial charge in [0.05, 0.1) is 0 Å². The second-order valence-electron chi connectivity index (χ2n) is 4.94. The van der Waals surface area contributed by atoms with Crippen LogP contribution in [0.15, 0.2) is 22.7 Å². The number of nitrogens with one attached hydrogen (secondary N) is 1. The zero-order chi connectivity index (χ0) is 14.7. The molecule has 0 radical (unpaired) electrons. The Morgan fingerprint density at radius 3 is 2.30 bits per heavy atom. The third-order valence-electron chi connectivity index (χ3n) is 3.40. The number of aromatic nitrogens is 2. The van der Waals surface area contributed by atoms with Crippen molar-refractivity contribution in [2.75, 3.05) is 6.54 Å². The van der Waals surface area contributed by atoms with E-state index in [1.807, 2.05) is 6.07 Å². The van der Waals surface area contributed by atoms with E-state index in [0.29, 0.717) is 0 Å². The highest BCUT2D eigenvalue weighted by molar-refractivity contribution is 9.10. The van der Waals surface area contributed by atoms with Gasteiger partial charge in [0.2, 0.25) is 0 Å². The lowest BCUT2D eigenvalue weighted by atomic mass is 10.1. The molecule has 0 fully saturated rings. The first-order valence-corrected chi connectivity index (χ1v) is 7.63. The number of hydrogen-bond donors (Lipinski definition) is 1. The molecule has 0 aliphatic rings. The van der Waals surface area contributed by atoms with Crippen LogP contribution in [0.3, 0.4) is 0 Å². The molecular weight excluding hydrogens is 314 g/mol. The number of aryl methyl sites for hydroxylation is 3. The lowest BCUT2D eigenvalue weighted by Crippen LogP contribution is -2.15. The Balaban J connectivity index is 2.44. The fourth-order valence-corrected chi connectivity index (χ4v) is 2.72. The van der Waals surface area contributed by atoms with Gasteiger partial charge in [0.15, 0.2) is 5.82 Å². The summed E-state index contributed by atoms with van der Waals surface area (Å²) < 4.78 is 1.08. The van der Waals surface area contributed by atoms with Gasteiger partial charge in [0, 0.05) is 33.5 Å². The van der Waals surface area contributed by atoms with Crippen molar-refractivity contribution in [1.82, 2.24) is 15.3 Å². The Labute approximate surface area is 129 Å². The predicted octanol–water partition coefficient (Wildman–Crippen LogP) is 3.94. The van der Waals surface area contributed by atoms with Crippen LogP contribution in [0.1, 0.15) is 29.4 Å². The Bertz CT molecular complexity index is 600. The van der Waals surface area contributed by atoms with E-state index in [0.717, 1.165) is 40.3 Å². The lowest BCUT2D eigenvalue weighted by molar-refractivity contribution is 0.711. The summed E-state index contributed by atoms with van der Waals surface area (Å²) in [6.45, 7) is 10.1. The van der Waals surface area contributed by atoms with Gasteiger partial charge in [-0.25, -0.2) is 9.97 Å². The van der Waals surface area contributed by atoms with E-state index < -0.39 is 0 Å². The van der Waals surface area contributed by atoms with Gasteiger partial charge in [0.25, 0.3) is 0 Å². The summed E-state index contributed by atoms with van der Waals surface area (Å²) in [7, 11) is 0. The first-order valence-electron chi connectivity index (χ1n) is 6.84. The van der Waals surface area contributed by atoms with Crippen molar-refractivity contribution >= 4 is 15.9 Å². The van der Waals surface area contributed by atoms with E-state index in [-0.39, 0.29) is 0 Å². The van der Waals surface area contributed by atoms with E-state index in [4.69, 9.17) is 0 Å². The number of hydrogen-bond acceptors (Lipinski definition) is 3. The molecular formula is C16H20BrN3. The molecule has 2 aromatic rings. The molecule has 3 nitrogen and oxygen atoms in total. The Kier molecular flexibility index (Phi) is 4.89. The molecule has 0 atom stereocenters. The van der Waals surface area contributed by atoms with Crippen LogP contribution >= 0.6 is 15.9 Å². The minimum absolute atomic E-state index is 0.810. The second kappa shape index (κ2) is 6.46. The average Bonchev–Trinajstić information content (AvgIpc) is 2.37. The second-order valence-corrected chi connectivity index (χ2v) is 5.85. The summed E-state index contributed by atoms with van der Waals surface area (Å²) >= 11 is 3.49. The fraction of sp³-hybridized carbons (Fsp3) is 0.375. The van der Waals surface area contributed by atoms with Crippen LogP contribution in [0, 0.1) is 20.8 Å². The molecule has 1 N–H and O–H groups in total. The van der Waals surface area contributed by atoms with Crippen molar-refractivity contribution in [3.63, 3.8) is 0 Å². The van der Waals surface area contributed by atoms with Gasteiger partial charge in [-0.05, 0) is 51.1 Å². The summed E-state index contributed by atoms with van der Waals surface area (Å²) in [4.78, 5) is 9.36. The van der Waals surface area contributed by atoms with Crippen LogP contribution in [-0.2, 0) is 6.54 Å². The van der Waals surface area contributed by atoms with Crippen LogP contribution in [0.5, 0.6) is 0 Å². The summed E-state index contributed by atoms with van der Waals surface area (Å²) in [6.07, 6.45) is 0. The Morgan fingerprint density at radius 1 is 1.10 bits per heavy atom. The van der Waals surface area contributed by atoms with E-state index in [2.05, 4.69) is 71.0 Å². The molecule has 0 bridgehead atoms. The zero-order valence-electron chi connectivity index (χ0n) is 12.4. The van der Waals surface area contributed by atoms with Gasteiger partial charge in [0.1, 0.15) is 0 Å². The first kappa shape index (κ1) is 15.1. The van der Waals surface area contributed by atoms with Gasteiger partial charge in [-0.1, -0.05) is 22.9 Å². The maximum Gasteiger partial charge on any atom is 0.159 e. The molecule has 0 saturated heterocycles. The standard InChI is InChI=1S/C16H20BrN3/c1-5-18-9-15-11(3)19-16(20-12(15)4)14-7-6-13(17)8-10(14)2/h6-8,18H,5,9H2,1-4H3. The molecule has 1 aromatic heterocycles. The van der Waals surface area contributed by atoms with Crippen molar-refractivity contribution < 1.29 is 0 Å². The molecule has 1 aromatic carbocycles. The van der Waals surface area contributed by atoms with Gasteiger partial charge >= 0.3 is 0 Å². The average molecular weight is 334 g/mol. The number of benzene rings is 1. The number of halogens is 1. The molecule has 4 heteroatoms. The molecule has 0 aliphatic carbocycles. The predicted molar refractivity (Wildman–Crippen MR) is 86.8 cm³/mol. The molecule has 1 heterocycles. The van der Waals surface area contributed by atoms with Gasteiger partial charge in [-0.2, -0.15) is 0 Å². The highest BCUT2D eigenvalue weighted by Gasteiger charge is 2.11. The lowest BCUT2D eigenvalue weighted by Gasteiger charge is -2.12. The first-order chi connectivity index (χ1) is 9.52. The van der Waals surface area contributed by atoms with Crippen molar-refractivity contribution in [2.24, 2.45) is 0 Å². The van der Waals surface area contributed by atoms with Crippen LogP contribution in [-0.4, -0.2) is 16.5 Å². The Morgan fingerprint density at radius 2 is 1.75 bits per heavy atom. The largest absolute Gasteiger partial charge is 0.313 e. The summed E-state index contributed by atoms with van der Waals surface area (Å²) in [5.41, 5.74) is 5.57. The van der Waals surface area contributed by atoms with Crippen molar-refractivity contribution in [2.45, 2.75) is 34.2 Å². The number of nitrogens with zero attached hydrogens (tertiary/aromatic N) is 2. The van der Waals surface area contributed by atoms with Gasteiger partial charge in [-0.3, -0.25) is 0 Å². The van der Waals surface area contributed by atoms with Crippen molar-refractivity contribution in [3.8, 4) is 11.4 Å². The van der Waals surface area contributed by atoms with Crippen LogP contribution in [0.25, 0.3) is 11.4 Å². The maximum atomic E-state index is 4.68. The molecule has 0 saturated carbocycles. The van der Waals surface area contributed by atoms with E-state index >= 15 is 0 Å². The van der Waals surface area contributed by atoms with Crippen molar-refractivity contribution in [3.05, 3.63) is 45.2 Å². The maximum absolute atomic E-state index is 4.68. The molecule has 0 amide bonds. The monoisotopic (exact) mass is 333 g/mol. The smallest absolute Gasteiger partial charge is 0.159 e. The van der Waals surface area contributed by atoms with Crippen LogP contribution in [0.2, 0.25) is 0 Å².